The van der Waals surface area contributed by atoms with Crippen molar-refractivity contribution in [3.63, 3.8) is 0 Å². The monoisotopic (exact) mass is 602 g/mol. The first kappa shape index (κ1) is 38.6. The normalized spacial score (nSPS) is 10.3. The molecule has 0 aliphatic heterocycles. The Kier molecular flexibility index (Phi) is 18.5. The zero-order valence-corrected chi connectivity index (χ0v) is 27.6. The molecule has 2 N–H and O–H groups in total. The standard InChI is InChI=1S/2C14H23NO.2ClH.Zr/c2*1-9(2)11-7-12(10(3)4)14(16)13(8-11)15(5)6;;;/h2*7-10,16H,1-6H3;2*1H;/q;;;;+2/p-2. The molecule has 2 aromatic rings. The number of benzene rings is 2. The van der Waals surface area contributed by atoms with Gasteiger partial charge in [0.15, 0.2) is 0 Å². The van der Waals surface area contributed by atoms with E-state index in [0.29, 0.717) is 35.2 Å². The Morgan fingerprint density at radius 1 is 0.514 bits per heavy atom. The molecule has 0 aromatic heterocycles. The number of phenols is 2. The van der Waals surface area contributed by atoms with Crippen LogP contribution in [0.25, 0.3) is 0 Å². The molecule has 0 saturated heterocycles. The molecule has 0 heterocycles. The molecule has 0 aliphatic carbocycles. The zero-order chi connectivity index (χ0) is 24.9. The van der Waals surface area contributed by atoms with Gasteiger partial charge in [-0.1, -0.05) is 67.5 Å². The Balaban J connectivity index is -0.000000539. The van der Waals surface area contributed by atoms with E-state index in [4.69, 9.17) is 0 Å². The Bertz CT molecular complexity index is 767. The molecule has 0 spiro atoms. The molecule has 2 rings (SSSR count). The summed E-state index contributed by atoms with van der Waals surface area (Å²) in [5.41, 5.74) is 6.46. The summed E-state index contributed by atoms with van der Waals surface area (Å²) >= 11 is 0. The number of nitrogens with zero attached hydrogens (tertiary/aromatic N) is 2. The molecule has 7 heteroatoms. The fraction of sp³-hybridized carbons (Fsp3) is 0.571. The van der Waals surface area contributed by atoms with Crippen molar-refractivity contribution in [2.24, 2.45) is 0 Å². The SMILES string of the molecule is CC(C)c1cc(C(C)C)c(O)c(N(C)C)c1.CC(C)c1cc(C(C)C)c(O)c(N(C)C)c1.[Cl-].[Cl-].[Zr+2]. The van der Waals surface area contributed by atoms with Gasteiger partial charge in [0, 0.05) is 28.2 Å². The van der Waals surface area contributed by atoms with Crippen LogP contribution in [0, 0.1) is 0 Å². The molecule has 0 atom stereocenters. The van der Waals surface area contributed by atoms with Crippen LogP contribution in [0.2, 0.25) is 0 Å². The Hall–Kier alpha value is -0.897. The van der Waals surface area contributed by atoms with E-state index in [2.05, 4.69) is 79.7 Å². The van der Waals surface area contributed by atoms with E-state index in [0.717, 1.165) is 22.5 Å². The van der Waals surface area contributed by atoms with Gasteiger partial charge in [0.05, 0.1) is 11.4 Å². The number of aromatic hydroxyl groups is 2. The third-order valence-electron chi connectivity index (χ3n) is 5.82. The fourth-order valence-electron chi connectivity index (χ4n) is 3.56. The van der Waals surface area contributed by atoms with Crippen LogP contribution in [0.1, 0.15) is 101 Å². The van der Waals surface area contributed by atoms with Crippen molar-refractivity contribution in [3.8, 4) is 11.5 Å². The van der Waals surface area contributed by atoms with Crippen molar-refractivity contribution in [1.82, 2.24) is 0 Å². The Labute approximate surface area is 246 Å². The Morgan fingerprint density at radius 2 is 0.771 bits per heavy atom. The molecule has 35 heavy (non-hydrogen) atoms. The van der Waals surface area contributed by atoms with E-state index >= 15 is 0 Å². The van der Waals surface area contributed by atoms with Gasteiger partial charge >= 0.3 is 26.2 Å². The number of anilines is 2. The van der Waals surface area contributed by atoms with E-state index in [1.165, 1.54) is 11.1 Å². The minimum atomic E-state index is 0. The van der Waals surface area contributed by atoms with E-state index in [1.807, 2.05) is 38.0 Å². The van der Waals surface area contributed by atoms with Crippen molar-refractivity contribution >= 4 is 11.4 Å². The summed E-state index contributed by atoms with van der Waals surface area (Å²) < 4.78 is 0. The van der Waals surface area contributed by atoms with Gasteiger partial charge in [-0.2, -0.15) is 0 Å². The molecule has 0 aliphatic rings. The van der Waals surface area contributed by atoms with Crippen LogP contribution in [0.15, 0.2) is 24.3 Å². The summed E-state index contributed by atoms with van der Waals surface area (Å²) in [6, 6.07) is 8.40. The van der Waals surface area contributed by atoms with Crippen LogP contribution < -0.4 is 34.6 Å². The smallest absolute Gasteiger partial charge is 1.00 e. The topological polar surface area (TPSA) is 46.9 Å². The maximum atomic E-state index is 10.2. The number of halogens is 2. The van der Waals surface area contributed by atoms with Gasteiger partial charge in [-0.05, 0) is 58.1 Å². The second kappa shape index (κ2) is 16.8. The van der Waals surface area contributed by atoms with Gasteiger partial charge in [0.25, 0.3) is 0 Å². The second-order valence-electron chi connectivity index (χ2n) is 10.4. The molecule has 198 valence electrons. The molecule has 0 fully saturated rings. The average Bonchev–Trinajstić information content (AvgIpc) is 2.67. The van der Waals surface area contributed by atoms with Gasteiger partial charge in [0.2, 0.25) is 0 Å². The molecular weight excluding hydrogens is 558 g/mol. The van der Waals surface area contributed by atoms with Crippen LogP contribution >= 0.6 is 0 Å². The molecular formula is C28H46Cl2N2O2Zr. The van der Waals surface area contributed by atoms with E-state index in [-0.39, 0.29) is 51.0 Å². The van der Waals surface area contributed by atoms with Crippen molar-refractivity contribution in [2.45, 2.75) is 79.1 Å². The maximum absolute atomic E-state index is 10.2. The number of rotatable bonds is 6. The van der Waals surface area contributed by atoms with Crippen molar-refractivity contribution in [2.75, 3.05) is 38.0 Å². The largest absolute Gasteiger partial charge is 2.00 e. The van der Waals surface area contributed by atoms with E-state index in [1.54, 1.807) is 0 Å². The number of hydrogen-bond donors (Lipinski definition) is 2. The summed E-state index contributed by atoms with van der Waals surface area (Å²) in [7, 11) is 7.85. The maximum Gasteiger partial charge on any atom is 2.00 e. The van der Waals surface area contributed by atoms with Crippen molar-refractivity contribution in [3.05, 3.63) is 46.5 Å². The molecule has 0 radical (unpaired) electrons. The molecule has 0 bridgehead atoms. The summed E-state index contributed by atoms with van der Waals surface area (Å²) in [4.78, 5) is 3.93. The van der Waals surface area contributed by atoms with Crippen LogP contribution in [0.3, 0.4) is 0 Å². The third kappa shape index (κ3) is 10.5. The van der Waals surface area contributed by atoms with Crippen LogP contribution in [0.4, 0.5) is 11.4 Å². The summed E-state index contributed by atoms with van der Waals surface area (Å²) in [5, 5.41) is 20.4. The van der Waals surface area contributed by atoms with Gasteiger partial charge in [-0.3, -0.25) is 0 Å². The third-order valence-corrected chi connectivity index (χ3v) is 5.82. The van der Waals surface area contributed by atoms with Crippen molar-refractivity contribution < 1.29 is 61.2 Å². The number of hydrogen-bond acceptors (Lipinski definition) is 4. The quantitative estimate of drug-likeness (QED) is 0.524. The van der Waals surface area contributed by atoms with Gasteiger partial charge < -0.3 is 44.8 Å². The molecule has 2 aromatic carbocycles. The fourth-order valence-corrected chi connectivity index (χ4v) is 3.56. The van der Waals surface area contributed by atoms with Crippen LogP contribution in [-0.4, -0.2) is 38.4 Å². The minimum absolute atomic E-state index is 0. The predicted molar refractivity (Wildman–Crippen MR) is 141 cm³/mol. The Morgan fingerprint density at radius 3 is 0.943 bits per heavy atom. The molecule has 4 nitrogen and oxygen atoms in total. The second-order valence-corrected chi connectivity index (χ2v) is 10.4. The minimum Gasteiger partial charge on any atom is -1.00 e. The van der Waals surface area contributed by atoms with E-state index < -0.39 is 0 Å². The molecule has 0 unspecified atom stereocenters. The van der Waals surface area contributed by atoms with Gasteiger partial charge in [0.1, 0.15) is 11.5 Å². The average molecular weight is 605 g/mol. The first-order chi connectivity index (χ1) is 14.7. The van der Waals surface area contributed by atoms with Crippen LogP contribution in [0.5, 0.6) is 11.5 Å². The summed E-state index contributed by atoms with van der Waals surface area (Å²) in [6.45, 7) is 17.1. The van der Waals surface area contributed by atoms with Crippen molar-refractivity contribution in [1.29, 1.82) is 0 Å². The summed E-state index contributed by atoms with van der Waals surface area (Å²) in [5.74, 6) is 2.50. The van der Waals surface area contributed by atoms with Crippen LogP contribution in [-0.2, 0) is 26.2 Å². The molecule has 0 saturated carbocycles. The van der Waals surface area contributed by atoms with Gasteiger partial charge in [-0.15, -0.1) is 0 Å². The first-order valence-corrected chi connectivity index (χ1v) is 11.8. The predicted octanol–water partition coefficient (Wildman–Crippen LogP) is 1.42. The zero-order valence-electron chi connectivity index (χ0n) is 23.7. The van der Waals surface area contributed by atoms with E-state index in [9.17, 15) is 10.2 Å². The van der Waals surface area contributed by atoms with Gasteiger partial charge in [-0.25, -0.2) is 0 Å². The summed E-state index contributed by atoms with van der Waals surface area (Å²) in [6.07, 6.45) is 0. The molecule has 0 amide bonds. The first-order valence-electron chi connectivity index (χ1n) is 11.8. The number of phenolic OH excluding ortho intramolecular Hbond substituents is 2.